The molecule has 1 saturated heterocycles. The number of rotatable bonds is 6. The van der Waals surface area contributed by atoms with Gasteiger partial charge >= 0.3 is 0 Å². The maximum absolute atomic E-state index is 4.58. The molecule has 0 amide bonds. The van der Waals surface area contributed by atoms with E-state index in [2.05, 4.69) is 197 Å². The summed E-state index contributed by atoms with van der Waals surface area (Å²) in [6.45, 7) is 4.58. The van der Waals surface area contributed by atoms with Gasteiger partial charge in [0.2, 0.25) is 0 Å². The fourth-order valence-electron chi connectivity index (χ4n) is 7.92. The van der Waals surface area contributed by atoms with E-state index in [4.69, 9.17) is 0 Å². The van der Waals surface area contributed by atoms with Gasteiger partial charge in [-0.1, -0.05) is 134 Å². The molecule has 4 heteroatoms. The van der Waals surface area contributed by atoms with E-state index in [1.807, 2.05) is 11.8 Å². The lowest BCUT2D eigenvalue weighted by Gasteiger charge is -2.34. The quantitative estimate of drug-likeness (QED) is 0.200. The highest BCUT2D eigenvalue weighted by Crippen LogP contribution is 2.59. The predicted octanol–water partition coefficient (Wildman–Crippen LogP) is 12.8. The van der Waals surface area contributed by atoms with Crippen LogP contribution in [0.5, 0.6) is 0 Å². The summed E-state index contributed by atoms with van der Waals surface area (Å²) in [6, 6.07) is 38.3. The van der Waals surface area contributed by atoms with E-state index in [1.165, 1.54) is 37.9 Å². The molecule has 4 unspecified atom stereocenters. The van der Waals surface area contributed by atoms with Crippen LogP contribution < -0.4 is 9.80 Å². The van der Waals surface area contributed by atoms with E-state index in [9.17, 15) is 0 Å². The van der Waals surface area contributed by atoms with Crippen molar-refractivity contribution < 1.29 is 0 Å². The van der Waals surface area contributed by atoms with Crippen LogP contribution in [0.3, 0.4) is 0 Å². The summed E-state index contributed by atoms with van der Waals surface area (Å²) in [5.74, 6) is 0.900. The van der Waals surface area contributed by atoms with Crippen LogP contribution in [0.25, 0.3) is 11.1 Å². The highest BCUT2D eigenvalue weighted by molar-refractivity contribution is 8.09. The van der Waals surface area contributed by atoms with Gasteiger partial charge in [0.1, 0.15) is 0 Å². The molecule has 4 aromatic rings. The molecule has 0 radical (unpaired) electrons. The van der Waals surface area contributed by atoms with Crippen LogP contribution in [-0.4, -0.2) is 11.3 Å². The normalized spacial score (nSPS) is 24.6. The smallest absolute Gasteiger partial charge is 0.0639 e. The number of hydrogen-bond donors (Lipinski definition) is 0. The van der Waals surface area contributed by atoms with Gasteiger partial charge in [-0.2, -0.15) is 0 Å². The van der Waals surface area contributed by atoms with Gasteiger partial charge < -0.3 is 9.80 Å². The van der Waals surface area contributed by atoms with Gasteiger partial charge in [0.15, 0.2) is 0 Å². The zero-order chi connectivity index (χ0) is 33.4. The van der Waals surface area contributed by atoms with Crippen molar-refractivity contribution >= 4 is 46.3 Å². The first-order valence-electron chi connectivity index (χ1n) is 17.5. The minimum absolute atomic E-state index is 0.353. The molecule has 0 N–H and O–H groups in total. The first-order valence-corrected chi connectivity index (χ1v) is 19.2. The lowest BCUT2D eigenvalue weighted by molar-refractivity contribution is 0.525. The van der Waals surface area contributed by atoms with Crippen LogP contribution in [-0.2, 0) is 0 Å². The van der Waals surface area contributed by atoms with Gasteiger partial charge in [0, 0.05) is 39.5 Å². The van der Waals surface area contributed by atoms with E-state index in [0.29, 0.717) is 23.1 Å². The molecule has 5 aliphatic rings. The molecule has 50 heavy (non-hydrogen) atoms. The zero-order valence-corrected chi connectivity index (χ0v) is 29.4. The van der Waals surface area contributed by atoms with Crippen molar-refractivity contribution in [1.29, 1.82) is 0 Å². The summed E-state index contributed by atoms with van der Waals surface area (Å²) in [5, 5.41) is 2.62. The molecule has 0 aromatic heterocycles. The second kappa shape index (κ2) is 13.4. The molecular formula is C46H38N2S2. The first kappa shape index (κ1) is 31.1. The molecule has 2 aliphatic carbocycles. The zero-order valence-electron chi connectivity index (χ0n) is 27.8. The fraction of sp³-hybridized carbons (Fsp3) is 0.130. The summed E-state index contributed by atoms with van der Waals surface area (Å²) >= 11 is 3.92. The van der Waals surface area contributed by atoms with E-state index < -0.39 is 0 Å². The Morgan fingerprint density at radius 2 is 1.48 bits per heavy atom. The Morgan fingerprint density at radius 3 is 2.28 bits per heavy atom. The lowest BCUT2D eigenvalue weighted by atomic mass is 9.90. The third kappa shape index (κ3) is 5.67. The van der Waals surface area contributed by atoms with E-state index in [-0.39, 0.29) is 0 Å². The van der Waals surface area contributed by atoms with Crippen molar-refractivity contribution in [2.75, 3.05) is 9.80 Å². The number of allylic oxidation sites excluding steroid dienone is 10. The Hall–Kier alpha value is -4.90. The van der Waals surface area contributed by atoms with Crippen molar-refractivity contribution in [3.8, 4) is 11.1 Å². The number of fused-ring (bicyclic) bond motifs is 4. The van der Waals surface area contributed by atoms with Crippen LogP contribution in [0.1, 0.15) is 24.3 Å². The van der Waals surface area contributed by atoms with Crippen LogP contribution >= 0.6 is 23.5 Å². The van der Waals surface area contributed by atoms with Gasteiger partial charge in [-0.15, -0.1) is 11.8 Å². The van der Waals surface area contributed by atoms with Crippen LogP contribution in [0.4, 0.5) is 22.7 Å². The molecule has 0 spiro atoms. The molecule has 244 valence electrons. The molecule has 9 rings (SSSR count). The summed E-state index contributed by atoms with van der Waals surface area (Å²) in [6.07, 6.45) is 24.3. The molecule has 0 saturated carbocycles. The van der Waals surface area contributed by atoms with Gasteiger partial charge in [-0.25, -0.2) is 0 Å². The molecule has 4 aromatic carbocycles. The average molecular weight is 683 g/mol. The average Bonchev–Trinajstić information content (AvgIpc) is 3.70. The van der Waals surface area contributed by atoms with Crippen LogP contribution in [0, 0.1) is 5.92 Å². The van der Waals surface area contributed by atoms with Gasteiger partial charge in [-0.3, -0.25) is 0 Å². The lowest BCUT2D eigenvalue weighted by Crippen LogP contribution is -2.38. The van der Waals surface area contributed by atoms with Crippen molar-refractivity contribution in [3.63, 3.8) is 0 Å². The van der Waals surface area contributed by atoms with Crippen molar-refractivity contribution in [3.05, 3.63) is 203 Å². The summed E-state index contributed by atoms with van der Waals surface area (Å²) in [4.78, 5) is 7.94. The molecule has 2 nitrogen and oxygen atoms in total. The third-order valence-corrected chi connectivity index (χ3v) is 12.9. The van der Waals surface area contributed by atoms with Crippen molar-refractivity contribution in [2.24, 2.45) is 5.92 Å². The Kier molecular flexibility index (Phi) is 8.36. The number of nitrogens with zero attached hydrogens (tertiary/aromatic N) is 2. The SMILES string of the molecule is C=C1/C=C\C=C/SC2=C1N(c1ccc(N(c3ccc(C4C=CC=CC4)cc3)c3cccc(-c4ccccc4)c3)cc1)C1C3CC=CC=C3SC21. The Morgan fingerprint density at radius 1 is 0.700 bits per heavy atom. The molecule has 1 fully saturated rings. The fourth-order valence-corrected chi connectivity index (χ4v) is 10.7. The monoisotopic (exact) mass is 682 g/mol. The summed E-state index contributed by atoms with van der Waals surface area (Å²) < 4.78 is 0. The Labute approximate surface area is 304 Å². The highest BCUT2D eigenvalue weighted by atomic mass is 32.2. The van der Waals surface area contributed by atoms with Gasteiger partial charge in [0.25, 0.3) is 0 Å². The van der Waals surface area contributed by atoms with E-state index >= 15 is 0 Å². The Balaban J connectivity index is 1.12. The molecule has 0 bridgehead atoms. The minimum atomic E-state index is 0.353. The molecular weight excluding hydrogens is 645 g/mol. The third-order valence-electron chi connectivity index (χ3n) is 10.3. The molecule has 4 atom stereocenters. The van der Waals surface area contributed by atoms with Crippen LogP contribution in [0.15, 0.2) is 197 Å². The topological polar surface area (TPSA) is 6.48 Å². The van der Waals surface area contributed by atoms with Gasteiger partial charge in [-0.05, 0) is 93.9 Å². The highest BCUT2D eigenvalue weighted by Gasteiger charge is 2.52. The van der Waals surface area contributed by atoms with E-state index in [1.54, 1.807) is 0 Å². The maximum atomic E-state index is 4.58. The van der Waals surface area contributed by atoms with Crippen molar-refractivity contribution in [1.82, 2.24) is 0 Å². The largest absolute Gasteiger partial charge is 0.335 e. The van der Waals surface area contributed by atoms with E-state index in [0.717, 1.165) is 35.5 Å². The second-order valence-electron chi connectivity index (χ2n) is 13.3. The minimum Gasteiger partial charge on any atom is -0.335 e. The molecule has 3 aliphatic heterocycles. The van der Waals surface area contributed by atoms with Crippen LogP contribution in [0.2, 0.25) is 0 Å². The van der Waals surface area contributed by atoms with Crippen molar-refractivity contribution in [2.45, 2.75) is 30.1 Å². The predicted molar refractivity (Wildman–Crippen MR) is 217 cm³/mol. The first-order chi connectivity index (χ1) is 24.7. The number of hydrogen-bond acceptors (Lipinski definition) is 4. The number of anilines is 4. The number of thioether (sulfide) groups is 2. The second-order valence-corrected chi connectivity index (χ2v) is 15.5. The summed E-state index contributed by atoms with van der Waals surface area (Å²) in [7, 11) is 0. The number of benzene rings is 4. The summed E-state index contributed by atoms with van der Waals surface area (Å²) in [5.41, 5.74) is 10.7. The molecule has 3 heterocycles. The standard InChI is InChI=1S/C46H38N2S2/c1-32-13-10-11-30-49-45-43(32)48(44-41-20-8-9-21-42(41)50-46(44)45)39-28-26-38(27-29-39)47(37-24-22-35(23-25-37)33-14-4-2-5-15-33)40-19-12-18-36(31-40)34-16-6-3-7-17-34/h2-14,16-19,21-31,33,41,44,46H,1,15,20H2/b13-10-,30-11-. The van der Waals surface area contributed by atoms with Gasteiger partial charge in [0.05, 0.1) is 17.0 Å². The Bertz CT molecular complexity index is 2150. The maximum Gasteiger partial charge on any atom is 0.0639 e.